The number of carbonyl (C=O) groups is 1. The minimum atomic E-state index is -4.40. The van der Waals surface area contributed by atoms with Crippen LogP contribution in [0.1, 0.15) is 11.1 Å². The predicted octanol–water partition coefficient (Wildman–Crippen LogP) is 3.10. The van der Waals surface area contributed by atoms with Crippen LogP contribution in [0.15, 0.2) is 54.6 Å². The second-order valence-electron chi connectivity index (χ2n) is 6.83. The summed E-state index contributed by atoms with van der Waals surface area (Å²) in [6, 6.07) is 14.4. The largest absolute Gasteiger partial charge is 0.484 e. The smallest absolute Gasteiger partial charge is 0.416 e. The molecule has 1 atom stereocenters. The van der Waals surface area contributed by atoms with E-state index in [-0.39, 0.29) is 24.4 Å². The van der Waals surface area contributed by atoms with Crippen molar-refractivity contribution in [3.05, 3.63) is 65.7 Å². The zero-order valence-corrected chi connectivity index (χ0v) is 15.8. The zero-order chi connectivity index (χ0) is 20.7. The lowest BCUT2D eigenvalue weighted by atomic mass is 10.2. The van der Waals surface area contributed by atoms with Gasteiger partial charge in [0.15, 0.2) is 6.61 Å². The van der Waals surface area contributed by atoms with Gasteiger partial charge < -0.3 is 14.8 Å². The van der Waals surface area contributed by atoms with Crippen LogP contribution in [-0.4, -0.2) is 49.8 Å². The third-order valence-corrected chi connectivity index (χ3v) is 4.55. The molecule has 1 aliphatic heterocycles. The Kier molecular flexibility index (Phi) is 7.11. The number of hydrogen-bond acceptors (Lipinski definition) is 4. The molecular formula is C21H23F3N2O3. The highest BCUT2D eigenvalue weighted by Crippen LogP contribution is 2.30. The number of halogens is 3. The molecule has 1 N–H and O–H groups in total. The van der Waals surface area contributed by atoms with Gasteiger partial charge in [0.2, 0.25) is 0 Å². The van der Waals surface area contributed by atoms with Gasteiger partial charge in [0.05, 0.1) is 18.3 Å². The van der Waals surface area contributed by atoms with Gasteiger partial charge in [-0.2, -0.15) is 13.2 Å². The molecule has 0 bridgehead atoms. The standard InChI is InChI=1S/C21H23F3N2O3/c22-21(23,24)17-6-8-18(9-7-17)29-15-20(27)25-12-19-14-26(10-11-28-19)13-16-4-2-1-3-5-16/h1-9,19H,10-15H2,(H,25,27). The van der Waals surface area contributed by atoms with Crippen LogP contribution in [-0.2, 0) is 22.3 Å². The first-order valence-electron chi connectivity index (χ1n) is 9.35. The van der Waals surface area contributed by atoms with E-state index < -0.39 is 11.7 Å². The van der Waals surface area contributed by atoms with Crippen LogP contribution in [0.2, 0.25) is 0 Å². The Labute approximate surface area is 167 Å². The molecule has 29 heavy (non-hydrogen) atoms. The first-order chi connectivity index (χ1) is 13.9. The van der Waals surface area contributed by atoms with Crippen molar-refractivity contribution in [3.8, 4) is 5.75 Å². The molecular weight excluding hydrogens is 385 g/mol. The van der Waals surface area contributed by atoms with Crippen molar-refractivity contribution >= 4 is 5.91 Å². The molecule has 0 spiro atoms. The maximum atomic E-state index is 12.5. The molecule has 0 radical (unpaired) electrons. The fourth-order valence-corrected chi connectivity index (χ4v) is 3.06. The first kappa shape index (κ1) is 21.1. The Hall–Kier alpha value is -2.58. The molecule has 1 heterocycles. The quantitative estimate of drug-likeness (QED) is 0.765. The second kappa shape index (κ2) is 9.76. The number of ether oxygens (including phenoxy) is 2. The lowest BCUT2D eigenvalue weighted by Crippen LogP contribution is -2.47. The van der Waals surface area contributed by atoms with Crippen LogP contribution < -0.4 is 10.1 Å². The molecule has 0 aliphatic carbocycles. The Morgan fingerprint density at radius 2 is 1.86 bits per heavy atom. The number of alkyl halides is 3. The van der Waals surface area contributed by atoms with E-state index in [1.807, 2.05) is 18.2 Å². The zero-order valence-electron chi connectivity index (χ0n) is 15.8. The highest BCUT2D eigenvalue weighted by atomic mass is 19.4. The monoisotopic (exact) mass is 408 g/mol. The van der Waals surface area contributed by atoms with E-state index in [4.69, 9.17) is 9.47 Å². The molecule has 5 nitrogen and oxygen atoms in total. The van der Waals surface area contributed by atoms with Crippen LogP contribution in [0, 0.1) is 0 Å². The topological polar surface area (TPSA) is 50.8 Å². The highest BCUT2D eigenvalue weighted by molar-refractivity contribution is 5.77. The number of benzene rings is 2. The van der Waals surface area contributed by atoms with E-state index in [1.165, 1.54) is 17.7 Å². The lowest BCUT2D eigenvalue weighted by Gasteiger charge is -2.33. The van der Waals surface area contributed by atoms with Gasteiger partial charge in [-0.1, -0.05) is 30.3 Å². The summed E-state index contributed by atoms with van der Waals surface area (Å²) >= 11 is 0. The van der Waals surface area contributed by atoms with E-state index in [2.05, 4.69) is 22.3 Å². The van der Waals surface area contributed by atoms with Crippen molar-refractivity contribution in [2.75, 3.05) is 32.8 Å². The van der Waals surface area contributed by atoms with E-state index in [9.17, 15) is 18.0 Å². The summed E-state index contributed by atoms with van der Waals surface area (Å²) < 4.78 is 48.6. The highest BCUT2D eigenvalue weighted by Gasteiger charge is 2.30. The molecule has 2 aromatic rings. The molecule has 1 unspecified atom stereocenters. The van der Waals surface area contributed by atoms with Gasteiger partial charge >= 0.3 is 6.18 Å². The van der Waals surface area contributed by atoms with Gasteiger partial charge in [0.25, 0.3) is 5.91 Å². The average Bonchev–Trinajstić information content (AvgIpc) is 2.71. The molecule has 1 amide bonds. The number of hydrogen-bond donors (Lipinski definition) is 1. The van der Waals surface area contributed by atoms with E-state index in [1.54, 1.807) is 0 Å². The summed E-state index contributed by atoms with van der Waals surface area (Å²) in [4.78, 5) is 14.2. The van der Waals surface area contributed by atoms with Gasteiger partial charge in [-0.3, -0.25) is 9.69 Å². The summed E-state index contributed by atoms with van der Waals surface area (Å²) in [6.07, 6.45) is -4.52. The molecule has 1 saturated heterocycles. The summed E-state index contributed by atoms with van der Waals surface area (Å²) in [5.41, 5.74) is 0.464. The number of amides is 1. The Bertz CT molecular complexity index is 782. The first-order valence-corrected chi connectivity index (χ1v) is 9.35. The SMILES string of the molecule is O=C(COc1ccc(C(F)(F)F)cc1)NCC1CN(Cc2ccccc2)CCO1. The second-order valence-corrected chi connectivity index (χ2v) is 6.83. The fourth-order valence-electron chi connectivity index (χ4n) is 3.06. The minimum absolute atomic E-state index is 0.123. The van der Waals surface area contributed by atoms with Gasteiger partial charge in [0.1, 0.15) is 5.75 Å². The molecule has 8 heteroatoms. The molecule has 0 saturated carbocycles. The van der Waals surface area contributed by atoms with Crippen LogP contribution in [0.4, 0.5) is 13.2 Å². The normalized spacial score (nSPS) is 17.7. The maximum absolute atomic E-state index is 12.5. The summed E-state index contributed by atoms with van der Waals surface area (Å²) in [5, 5.41) is 2.75. The summed E-state index contributed by atoms with van der Waals surface area (Å²) in [6.45, 7) is 3.03. The fraction of sp³-hybridized carbons (Fsp3) is 0.381. The van der Waals surface area contributed by atoms with Crippen molar-refractivity contribution in [2.45, 2.75) is 18.8 Å². The average molecular weight is 408 g/mol. The number of carbonyl (C=O) groups excluding carboxylic acids is 1. The van der Waals surface area contributed by atoms with Crippen molar-refractivity contribution < 1.29 is 27.4 Å². The minimum Gasteiger partial charge on any atom is -0.484 e. The van der Waals surface area contributed by atoms with Crippen molar-refractivity contribution in [3.63, 3.8) is 0 Å². The Morgan fingerprint density at radius 1 is 1.14 bits per heavy atom. The molecule has 156 valence electrons. The molecule has 3 rings (SSSR count). The predicted molar refractivity (Wildman–Crippen MR) is 101 cm³/mol. The van der Waals surface area contributed by atoms with Crippen LogP contribution in [0.5, 0.6) is 5.75 Å². The van der Waals surface area contributed by atoms with Crippen LogP contribution in [0.3, 0.4) is 0 Å². The number of nitrogens with one attached hydrogen (secondary N) is 1. The summed E-state index contributed by atoms with van der Waals surface area (Å²) in [5.74, 6) is -0.148. The maximum Gasteiger partial charge on any atom is 0.416 e. The Morgan fingerprint density at radius 3 is 2.55 bits per heavy atom. The van der Waals surface area contributed by atoms with Gasteiger partial charge in [0, 0.05) is 26.2 Å². The van der Waals surface area contributed by atoms with Crippen molar-refractivity contribution in [1.29, 1.82) is 0 Å². The van der Waals surface area contributed by atoms with Crippen molar-refractivity contribution in [1.82, 2.24) is 10.2 Å². The van der Waals surface area contributed by atoms with Crippen LogP contribution in [0.25, 0.3) is 0 Å². The number of morpholine rings is 1. The molecule has 2 aromatic carbocycles. The molecule has 0 aromatic heterocycles. The van der Waals surface area contributed by atoms with Gasteiger partial charge in [-0.05, 0) is 29.8 Å². The third-order valence-electron chi connectivity index (χ3n) is 4.55. The molecule has 1 fully saturated rings. The van der Waals surface area contributed by atoms with E-state index in [0.29, 0.717) is 19.7 Å². The van der Waals surface area contributed by atoms with Crippen LogP contribution >= 0.6 is 0 Å². The Balaban J connectivity index is 1.38. The summed E-state index contributed by atoms with van der Waals surface area (Å²) in [7, 11) is 0. The van der Waals surface area contributed by atoms with E-state index >= 15 is 0 Å². The van der Waals surface area contributed by atoms with Gasteiger partial charge in [-0.15, -0.1) is 0 Å². The molecule has 1 aliphatic rings. The van der Waals surface area contributed by atoms with Crippen molar-refractivity contribution in [2.24, 2.45) is 0 Å². The van der Waals surface area contributed by atoms with Gasteiger partial charge in [-0.25, -0.2) is 0 Å². The number of rotatable bonds is 7. The third kappa shape index (κ3) is 6.76. The number of nitrogens with zero attached hydrogens (tertiary/aromatic N) is 1. The lowest BCUT2D eigenvalue weighted by molar-refractivity contribution is -0.137. The van der Waals surface area contributed by atoms with E-state index in [0.717, 1.165) is 25.2 Å².